The van der Waals surface area contributed by atoms with Crippen LogP contribution in [0.4, 0.5) is 5.82 Å². The Labute approximate surface area is 146 Å². The third-order valence-corrected chi connectivity index (χ3v) is 3.82. The van der Waals surface area contributed by atoms with Crippen molar-refractivity contribution in [1.82, 2.24) is 10.1 Å². The summed E-state index contributed by atoms with van der Waals surface area (Å²) in [4.78, 5) is 26.2. The molecule has 7 heteroatoms. The fourth-order valence-electron chi connectivity index (χ4n) is 2.17. The first-order chi connectivity index (χ1) is 11.9. The number of aromatic nitrogens is 1. The summed E-state index contributed by atoms with van der Waals surface area (Å²) in [5.74, 6) is -0.0484. The molecule has 2 rings (SSSR count). The zero-order valence-electron chi connectivity index (χ0n) is 14.9. The number of carbonyl (C=O) groups excluding carboxylic acids is 2. The van der Waals surface area contributed by atoms with Gasteiger partial charge in [-0.25, -0.2) is 0 Å². The molecule has 1 aromatic heterocycles. The molecule has 134 valence electrons. The van der Waals surface area contributed by atoms with Gasteiger partial charge in [0.25, 0.3) is 5.91 Å². The van der Waals surface area contributed by atoms with Gasteiger partial charge < -0.3 is 14.6 Å². The number of hydrogen-bond acceptors (Lipinski definition) is 6. The fraction of sp³-hybridized carbons (Fsp3) is 0.389. The van der Waals surface area contributed by atoms with Crippen molar-refractivity contribution in [3.63, 3.8) is 0 Å². The summed E-state index contributed by atoms with van der Waals surface area (Å²) < 4.78 is 10.1. The Bertz CT molecular complexity index is 714. The number of benzene rings is 1. The lowest BCUT2D eigenvalue weighted by Crippen LogP contribution is -2.40. The molecule has 0 saturated carbocycles. The first kappa shape index (κ1) is 18.7. The number of nitrogens with zero attached hydrogens (tertiary/aromatic N) is 2. The van der Waals surface area contributed by atoms with Crippen LogP contribution < -0.4 is 5.32 Å². The Morgan fingerprint density at radius 1 is 1.28 bits per heavy atom. The number of rotatable bonds is 7. The highest BCUT2D eigenvalue weighted by molar-refractivity contribution is 5.94. The Morgan fingerprint density at radius 3 is 2.56 bits per heavy atom. The molecule has 0 aliphatic heterocycles. The van der Waals surface area contributed by atoms with Crippen molar-refractivity contribution in [3.8, 4) is 0 Å². The zero-order chi connectivity index (χ0) is 18.4. The minimum Gasteiger partial charge on any atom is -0.451 e. The molecule has 1 heterocycles. The van der Waals surface area contributed by atoms with Crippen LogP contribution in [-0.2, 0) is 20.9 Å². The molecule has 0 aliphatic rings. The quantitative estimate of drug-likeness (QED) is 0.776. The molecule has 0 unspecified atom stereocenters. The summed E-state index contributed by atoms with van der Waals surface area (Å²) in [7, 11) is 1.84. The third kappa shape index (κ3) is 5.42. The molecule has 25 heavy (non-hydrogen) atoms. The Balaban J connectivity index is 1.85. The minimum absolute atomic E-state index is 0.291. The zero-order valence-corrected chi connectivity index (χ0v) is 14.9. The summed E-state index contributed by atoms with van der Waals surface area (Å²) in [5.41, 5.74) is 1.09. The molecule has 1 amide bonds. The van der Waals surface area contributed by atoms with Gasteiger partial charge in [0.1, 0.15) is 11.8 Å². The maximum atomic E-state index is 12.3. The molecule has 0 bridgehead atoms. The van der Waals surface area contributed by atoms with E-state index >= 15 is 0 Å². The predicted octanol–water partition coefficient (Wildman–Crippen LogP) is 2.37. The van der Waals surface area contributed by atoms with E-state index in [1.807, 2.05) is 42.3 Å². The number of aryl methyl sites for hydroxylation is 1. The van der Waals surface area contributed by atoms with Crippen LogP contribution in [0, 0.1) is 6.92 Å². The van der Waals surface area contributed by atoms with Gasteiger partial charge in [-0.15, -0.1) is 0 Å². The van der Waals surface area contributed by atoms with Crippen LogP contribution in [0.3, 0.4) is 0 Å². The van der Waals surface area contributed by atoms with Gasteiger partial charge in [0, 0.05) is 12.6 Å². The molecule has 0 spiro atoms. The second-order valence-electron chi connectivity index (χ2n) is 5.97. The van der Waals surface area contributed by atoms with Gasteiger partial charge in [0.2, 0.25) is 0 Å². The Kier molecular flexibility index (Phi) is 6.30. The first-order valence-electron chi connectivity index (χ1n) is 8.05. The maximum Gasteiger partial charge on any atom is 0.323 e. The lowest BCUT2D eigenvalue weighted by Gasteiger charge is -2.24. The highest BCUT2D eigenvalue weighted by atomic mass is 16.5. The van der Waals surface area contributed by atoms with Gasteiger partial charge in [0.15, 0.2) is 11.9 Å². The number of anilines is 1. The number of amides is 1. The summed E-state index contributed by atoms with van der Waals surface area (Å²) in [6.07, 6.45) is -0.933. The number of likely N-dealkylation sites (N-methyl/N-ethyl adjacent to an activating group) is 1. The van der Waals surface area contributed by atoms with Crippen LogP contribution in [0.5, 0.6) is 0 Å². The van der Waals surface area contributed by atoms with E-state index in [2.05, 4.69) is 10.5 Å². The van der Waals surface area contributed by atoms with Gasteiger partial charge in [0.05, 0.1) is 0 Å². The summed E-state index contributed by atoms with van der Waals surface area (Å²) in [6, 6.07) is 10.9. The highest BCUT2D eigenvalue weighted by Crippen LogP contribution is 2.10. The number of esters is 1. The van der Waals surface area contributed by atoms with Gasteiger partial charge in [-0.2, -0.15) is 0 Å². The SMILES string of the molecule is Cc1cc(NC(=O)[C@H](C)OC(=O)[C@@H](C)N(C)Cc2ccccc2)no1. The topological polar surface area (TPSA) is 84.7 Å². The number of ether oxygens (including phenoxy) is 1. The van der Waals surface area contributed by atoms with Crippen molar-refractivity contribution in [3.05, 3.63) is 47.7 Å². The van der Waals surface area contributed by atoms with Crippen LogP contribution in [0.1, 0.15) is 25.2 Å². The van der Waals surface area contributed by atoms with Crippen LogP contribution >= 0.6 is 0 Å². The number of hydrogen-bond donors (Lipinski definition) is 1. The summed E-state index contributed by atoms with van der Waals surface area (Å²) >= 11 is 0. The highest BCUT2D eigenvalue weighted by Gasteiger charge is 2.25. The maximum absolute atomic E-state index is 12.3. The lowest BCUT2D eigenvalue weighted by atomic mass is 10.2. The van der Waals surface area contributed by atoms with E-state index in [-0.39, 0.29) is 0 Å². The van der Waals surface area contributed by atoms with E-state index in [1.165, 1.54) is 6.92 Å². The normalized spacial score (nSPS) is 13.3. The average Bonchev–Trinajstić information content (AvgIpc) is 2.99. The lowest BCUT2D eigenvalue weighted by molar-refractivity contribution is -0.157. The summed E-state index contributed by atoms with van der Waals surface area (Å²) in [6.45, 7) is 5.59. The average molecular weight is 345 g/mol. The molecular weight excluding hydrogens is 322 g/mol. The van der Waals surface area contributed by atoms with E-state index < -0.39 is 24.0 Å². The predicted molar refractivity (Wildman–Crippen MR) is 92.8 cm³/mol. The molecule has 0 fully saturated rings. The van der Waals surface area contributed by atoms with Crippen molar-refractivity contribution in [1.29, 1.82) is 0 Å². The molecule has 2 aromatic rings. The van der Waals surface area contributed by atoms with Crippen molar-refractivity contribution < 1.29 is 18.8 Å². The van der Waals surface area contributed by atoms with Gasteiger partial charge in [-0.1, -0.05) is 35.5 Å². The summed E-state index contributed by atoms with van der Waals surface area (Å²) in [5, 5.41) is 6.21. The Morgan fingerprint density at radius 2 is 1.96 bits per heavy atom. The third-order valence-electron chi connectivity index (χ3n) is 3.82. The standard InChI is InChI=1S/C18H23N3O4/c1-12-10-16(20-25-12)19-17(22)14(3)24-18(23)13(2)21(4)11-15-8-6-5-7-9-15/h5-10,13-14H,11H2,1-4H3,(H,19,20,22)/t13-,14+/m1/s1. The molecule has 1 N–H and O–H groups in total. The monoisotopic (exact) mass is 345 g/mol. The van der Waals surface area contributed by atoms with Gasteiger partial charge >= 0.3 is 5.97 Å². The van der Waals surface area contributed by atoms with Gasteiger partial charge in [-0.3, -0.25) is 14.5 Å². The van der Waals surface area contributed by atoms with Crippen molar-refractivity contribution in [2.24, 2.45) is 0 Å². The molecular formula is C18H23N3O4. The van der Waals surface area contributed by atoms with Crippen LogP contribution in [0.15, 0.2) is 40.9 Å². The van der Waals surface area contributed by atoms with Crippen molar-refractivity contribution in [2.75, 3.05) is 12.4 Å². The van der Waals surface area contributed by atoms with E-state index in [9.17, 15) is 9.59 Å². The van der Waals surface area contributed by atoms with E-state index in [0.29, 0.717) is 18.1 Å². The number of carbonyl (C=O) groups is 2. The molecule has 7 nitrogen and oxygen atoms in total. The second-order valence-corrected chi connectivity index (χ2v) is 5.97. The molecule has 0 aliphatic carbocycles. The first-order valence-corrected chi connectivity index (χ1v) is 8.05. The van der Waals surface area contributed by atoms with Crippen LogP contribution in [-0.4, -0.2) is 41.1 Å². The smallest absolute Gasteiger partial charge is 0.323 e. The van der Waals surface area contributed by atoms with Crippen molar-refractivity contribution >= 4 is 17.7 Å². The van der Waals surface area contributed by atoms with Crippen LogP contribution in [0.2, 0.25) is 0 Å². The van der Waals surface area contributed by atoms with Crippen molar-refractivity contribution in [2.45, 2.75) is 39.5 Å². The molecule has 1 aromatic carbocycles. The van der Waals surface area contributed by atoms with E-state index in [4.69, 9.17) is 9.26 Å². The van der Waals surface area contributed by atoms with E-state index in [1.54, 1.807) is 19.9 Å². The molecule has 0 radical (unpaired) electrons. The fourth-order valence-corrected chi connectivity index (χ4v) is 2.17. The molecule has 0 saturated heterocycles. The van der Waals surface area contributed by atoms with Gasteiger partial charge in [-0.05, 0) is 33.4 Å². The minimum atomic E-state index is -0.933. The Hall–Kier alpha value is -2.67. The number of nitrogens with one attached hydrogen (secondary N) is 1. The molecule has 2 atom stereocenters. The van der Waals surface area contributed by atoms with Crippen LogP contribution in [0.25, 0.3) is 0 Å². The van der Waals surface area contributed by atoms with E-state index in [0.717, 1.165) is 5.56 Å². The largest absolute Gasteiger partial charge is 0.451 e. The second kappa shape index (κ2) is 8.43.